The van der Waals surface area contributed by atoms with E-state index in [4.69, 9.17) is 0 Å². The van der Waals surface area contributed by atoms with Gasteiger partial charge in [-0.15, -0.1) is 0 Å². The zero-order chi connectivity index (χ0) is 17.4. The van der Waals surface area contributed by atoms with Crippen molar-refractivity contribution >= 4 is 16.7 Å². The monoisotopic (exact) mass is 337 g/mol. The Morgan fingerprint density at radius 3 is 2.84 bits per heavy atom. The van der Waals surface area contributed by atoms with Crippen LogP contribution in [0.25, 0.3) is 10.8 Å². The van der Waals surface area contributed by atoms with Gasteiger partial charge in [-0.05, 0) is 25.8 Å². The molecule has 4 rings (SSSR count). The topological polar surface area (TPSA) is 94.7 Å². The summed E-state index contributed by atoms with van der Waals surface area (Å²) in [4.78, 5) is 34.4. The van der Waals surface area contributed by atoms with E-state index >= 15 is 0 Å². The third-order valence-electron chi connectivity index (χ3n) is 4.72. The molecule has 0 aliphatic carbocycles. The molecule has 1 saturated heterocycles. The fourth-order valence-corrected chi connectivity index (χ4v) is 3.45. The molecule has 1 amide bonds. The van der Waals surface area contributed by atoms with Crippen LogP contribution in [-0.2, 0) is 0 Å². The highest BCUT2D eigenvalue weighted by Gasteiger charge is 2.28. The summed E-state index contributed by atoms with van der Waals surface area (Å²) in [5, 5.41) is 7.54. The number of imidazole rings is 1. The molecule has 0 spiro atoms. The van der Waals surface area contributed by atoms with Gasteiger partial charge in [-0.25, -0.2) is 10.1 Å². The molecule has 1 fully saturated rings. The van der Waals surface area contributed by atoms with Crippen LogP contribution in [0.5, 0.6) is 0 Å². The Balaban J connectivity index is 1.65. The zero-order valence-electron chi connectivity index (χ0n) is 14.0. The van der Waals surface area contributed by atoms with Crippen LogP contribution in [0.1, 0.15) is 40.8 Å². The summed E-state index contributed by atoms with van der Waals surface area (Å²) in [7, 11) is 0. The summed E-state index contributed by atoms with van der Waals surface area (Å²) < 4.78 is 0. The minimum absolute atomic E-state index is 0.152. The van der Waals surface area contributed by atoms with Crippen LogP contribution in [0.2, 0.25) is 0 Å². The zero-order valence-corrected chi connectivity index (χ0v) is 14.0. The summed E-state index contributed by atoms with van der Waals surface area (Å²) in [6, 6.07) is 7.06. The normalized spacial score (nSPS) is 17.8. The molecule has 0 unspecified atom stereocenters. The van der Waals surface area contributed by atoms with Crippen LogP contribution >= 0.6 is 0 Å². The SMILES string of the molecule is Cc1cnc([C@H]2CCCN(C(=O)c3n[nH]c(=O)c4ccccc34)C2)[nH]1. The van der Waals surface area contributed by atoms with Crippen molar-refractivity contribution in [2.24, 2.45) is 0 Å². The van der Waals surface area contributed by atoms with Gasteiger partial charge in [0.15, 0.2) is 5.69 Å². The first-order valence-corrected chi connectivity index (χ1v) is 8.41. The Hall–Kier alpha value is -2.96. The molecule has 2 aromatic heterocycles. The fourth-order valence-electron chi connectivity index (χ4n) is 3.45. The number of nitrogens with one attached hydrogen (secondary N) is 2. The Morgan fingerprint density at radius 1 is 1.28 bits per heavy atom. The molecule has 3 heterocycles. The minimum atomic E-state index is -0.283. The van der Waals surface area contributed by atoms with Gasteiger partial charge in [0.2, 0.25) is 0 Å². The van der Waals surface area contributed by atoms with Gasteiger partial charge < -0.3 is 9.88 Å². The van der Waals surface area contributed by atoms with Gasteiger partial charge in [0.25, 0.3) is 11.5 Å². The number of hydrogen-bond donors (Lipinski definition) is 2. The summed E-state index contributed by atoms with van der Waals surface area (Å²) in [5.74, 6) is 0.968. The number of fused-ring (bicyclic) bond motifs is 1. The molecule has 0 saturated carbocycles. The van der Waals surface area contributed by atoms with E-state index in [0.717, 1.165) is 24.4 Å². The van der Waals surface area contributed by atoms with Gasteiger partial charge in [-0.3, -0.25) is 9.59 Å². The van der Waals surface area contributed by atoms with E-state index in [1.165, 1.54) is 0 Å². The van der Waals surface area contributed by atoms with Gasteiger partial charge >= 0.3 is 0 Å². The molecule has 0 bridgehead atoms. The Labute approximate surface area is 144 Å². The number of carbonyl (C=O) groups is 1. The molecule has 7 heteroatoms. The molecule has 1 atom stereocenters. The Morgan fingerprint density at radius 2 is 2.08 bits per heavy atom. The lowest BCUT2D eigenvalue weighted by Gasteiger charge is -2.31. The van der Waals surface area contributed by atoms with Gasteiger partial charge in [0, 0.05) is 36.3 Å². The minimum Gasteiger partial charge on any atom is -0.346 e. The number of rotatable bonds is 2. The van der Waals surface area contributed by atoms with Crippen molar-refractivity contribution < 1.29 is 4.79 Å². The van der Waals surface area contributed by atoms with Crippen molar-refractivity contribution in [1.82, 2.24) is 25.1 Å². The second-order valence-electron chi connectivity index (χ2n) is 6.49. The summed E-state index contributed by atoms with van der Waals surface area (Å²) in [5.41, 5.74) is 1.04. The number of aromatic amines is 2. The van der Waals surface area contributed by atoms with Crippen LogP contribution in [-0.4, -0.2) is 44.1 Å². The Bertz CT molecular complexity index is 990. The van der Waals surface area contributed by atoms with E-state index in [1.54, 1.807) is 23.1 Å². The van der Waals surface area contributed by atoms with Gasteiger partial charge in [-0.2, -0.15) is 5.10 Å². The molecule has 1 aromatic carbocycles. The van der Waals surface area contributed by atoms with E-state index in [0.29, 0.717) is 29.6 Å². The lowest BCUT2D eigenvalue weighted by atomic mass is 9.97. The third-order valence-corrected chi connectivity index (χ3v) is 4.72. The number of likely N-dealkylation sites (tertiary alicyclic amines) is 1. The highest BCUT2D eigenvalue weighted by atomic mass is 16.2. The van der Waals surface area contributed by atoms with Crippen LogP contribution in [0.3, 0.4) is 0 Å². The number of aromatic nitrogens is 4. The number of carbonyl (C=O) groups excluding carboxylic acids is 1. The first-order chi connectivity index (χ1) is 12.1. The third kappa shape index (κ3) is 2.82. The van der Waals surface area contributed by atoms with E-state index in [1.807, 2.05) is 19.2 Å². The predicted octanol–water partition coefficient (Wildman–Crippen LogP) is 1.97. The molecule has 7 nitrogen and oxygen atoms in total. The predicted molar refractivity (Wildman–Crippen MR) is 93.6 cm³/mol. The number of benzene rings is 1. The maximum absolute atomic E-state index is 13.0. The van der Waals surface area contributed by atoms with Crippen molar-refractivity contribution in [2.45, 2.75) is 25.7 Å². The van der Waals surface area contributed by atoms with Crippen molar-refractivity contribution in [1.29, 1.82) is 0 Å². The quantitative estimate of drug-likeness (QED) is 0.747. The standard InChI is InChI=1S/C18H19N5O2/c1-11-9-19-16(20-11)12-5-4-8-23(10-12)18(25)15-13-6-2-3-7-14(13)17(24)22-21-15/h2-3,6-7,9,12H,4-5,8,10H2,1H3,(H,19,20)(H,22,24)/t12-/m0/s1. The smallest absolute Gasteiger partial charge is 0.274 e. The largest absolute Gasteiger partial charge is 0.346 e. The van der Waals surface area contributed by atoms with E-state index in [2.05, 4.69) is 20.2 Å². The Kier molecular flexibility index (Phi) is 3.83. The van der Waals surface area contributed by atoms with Crippen molar-refractivity contribution in [3.8, 4) is 0 Å². The van der Waals surface area contributed by atoms with Gasteiger partial charge in [0.05, 0.1) is 5.39 Å². The van der Waals surface area contributed by atoms with Crippen LogP contribution in [0.15, 0.2) is 35.3 Å². The van der Waals surface area contributed by atoms with Crippen LogP contribution in [0.4, 0.5) is 0 Å². The maximum atomic E-state index is 13.0. The number of amides is 1. The van der Waals surface area contributed by atoms with Crippen LogP contribution in [0, 0.1) is 6.92 Å². The second kappa shape index (κ2) is 6.16. The summed E-state index contributed by atoms with van der Waals surface area (Å²) in [6.07, 6.45) is 3.72. The van der Waals surface area contributed by atoms with E-state index < -0.39 is 0 Å². The molecule has 2 N–H and O–H groups in total. The molecule has 0 radical (unpaired) electrons. The first kappa shape index (κ1) is 15.6. The van der Waals surface area contributed by atoms with Gasteiger partial charge in [0.1, 0.15) is 5.82 Å². The molecule has 1 aliphatic rings. The summed E-state index contributed by atoms with van der Waals surface area (Å²) in [6.45, 7) is 3.25. The number of piperidine rings is 1. The highest BCUT2D eigenvalue weighted by molar-refractivity contribution is 6.04. The second-order valence-corrected chi connectivity index (χ2v) is 6.49. The van der Waals surface area contributed by atoms with Gasteiger partial charge in [-0.1, -0.05) is 18.2 Å². The van der Waals surface area contributed by atoms with Crippen molar-refractivity contribution in [3.05, 3.63) is 58.0 Å². The lowest BCUT2D eigenvalue weighted by molar-refractivity contribution is 0.0700. The number of aryl methyl sites for hydroxylation is 1. The van der Waals surface area contributed by atoms with E-state index in [9.17, 15) is 9.59 Å². The number of hydrogen-bond acceptors (Lipinski definition) is 4. The maximum Gasteiger partial charge on any atom is 0.274 e. The average Bonchev–Trinajstić information content (AvgIpc) is 3.08. The number of H-pyrrole nitrogens is 2. The van der Waals surface area contributed by atoms with Crippen LogP contribution < -0.4 is 5.56 Å². The van der Waals surface area contributed by atoms with Crippen molar-refractivity contribution in [3.63, 3.8) is 0 Å². The molecular weight excluding hydrogens is 318 g/mol. The fraction of sp³-hybridized carbons (Fsp3) is 0.333. The molecule has 25 heavy (non-hydrogen) atoms. The first-order valence-electron chi connectivity index (χ1n) is 8.41. The average molecular weight is 337 g/mol. The number of nitrogens with zero attached hydrogens (tertiary/aromatic N) is 3. The highest BCUT2D eigenvalue weighted by Crippen LogP contribution is 2.26. The summed E-state index contributed by atoms with van der Waals surface area (Å²) >= 11 is 0. The van der Waals surface area contributed by atoms with Crippen molar-refractivity contribution in [2.75, 3.05) is 13.1 Å². The molecule has 1 aliphatic heterocycles. The van der Waals surface area contributed by atoms with E-state index in [-0.39, 0.29) is 17.4 Å². The molecular formula is C18H19N5O2. The lowest BCUT2D eigenvalue weighted by Crippen LogP contribution is -2.40. The molecule has 3 aromatic rings. The molecule has 128 valence electrons.